The van der Waals surface area contributed by atoms with Gasteiger partial charge in [0.05, 0.1) is 17.7 Å². The normalized spacial score (nSPS) is 16.1. The maximum absolute atomic E-state index is 13.9. The molecule has 5 rings (SSSR count). The van der Waals surface area contributed by atoms with Crippen LogP contribution in [0.3, 0.4) is 0 Å². The van der Waals surface area contributed by atoms with Gasteiger partial charge in [0.2, 0.25) is 5.17 Å². The Kier molecular flexibility index (Phi) is 6.58. The Morgan fingerprint density at radius 2 is 1.89 bits per heavy atom. The largest absolute Gasteiger partial charge is 0.493 e. The van der Waals surface area contributed by atoms with Crippen molar-refractivity contribution >= 4 is 51.4 Å². The van der Waals surface area contributed by atoms with E-state index in [0.717, 1.165) is 0 Å². The van der Waals surface area contributed by atoms with Gasteiger partial charge in [-0.05, 0) is 47.7 Å². The molecule has 3 aromatic rings. The van der Waals surface area contributed by atoms with Gasteiger partial charge in [-0.2, -0.15) is 15.1 Å². The van der Waals surface area contributed by atoms with Crippen molar-refractivity contribution in [1.29, 1.82) is 5.41 Å². The molecule has 0 radical (unpaired) electrons. The van der Waals surface area contributed by atoms with E-state index in [0.29, 0.717) is 43.4 Å². The van der Waals surface area contributed by atoms with Crippen LogP contribution in [-0.2, 0) is 11.4 Å². The molecule has 1 N–H and O–H groups in total. The second-order valence-corrected chi connectivity index (χ2v) is 9.06. The summed E-state index contributed by atoms with van der Waals surface area (Å²) in [6, 6.07) is 18.6. The number of hydrogen-bond donors (Lipinski definition) is 1. The van der Waals surface area contributed by atoms with Crippen LogP contribution >= 0.6 is 23.4 Å². The molecule has 0 aliphatic carbocycles. The van der Waals surface area contributed by atoms with E-state index >= 15 is 0 Å². The average molecular weight is 521 g/mol. The second-order valence-electron chi connectivity index (χ2n) is 7.70. The van der Waals surface area contributed by atoms with Crippen molar-refractivity contribution in [1.82, 2.24) is 5.01 Å². The van der Waals surface area contributed by atoms with Crippen LogP contribution in [0.25, 0.3) is 6.08 Å². The number of amides is 1. The number of benzene rings is 3. The Balaban J connectivity index is 1.39. The average Bonchev–Trinajstić information content (AvgIpc) is 3.30. The van der Waals surface area contributed by atoms with Crippen molar-refractivity contribution in [2.45, 2.75) is 6.61 Å². The van der Waals surface area contributed by atoms with E-state index in [2.05, 4.69) is 10.1 Å². The summed E-state index contributed by atoms with van der Waals surface area (Å²) in [5.74, 6) is -0.187. The number of hydrogen-bond acceptors (Lipinski definition) is 6. The summed E-state index contributed by atoms with van der Waals surface area (Å²) >= 11 is 7.46. The first-order valence-electron chi connectivity index (χ1n) is 10.7. The number of aliphatic imine (C=N–C) groups is 1. The fourth-order valence-electron chi connectivity index (χ4n) is 3.57. The quantitative estimate of drug-likeness (QED) is 0.419. The first-order valence-corrected chi connectivity index (χ1v) is 11.9. The highest BCUT2D eigenvalue weighted by molar-refractivity contribution is 8.27. The van der Waals surface area contributed by atoms with Crippen molar-refractivity contribution in [3.8, 4) is 11.5 Å². The lowest BCUT2D eigenvalue weighted by molar-refractivity contribution is -0.114. The van der Waals surface area contributed by atoms with Crippen LogP contribution in [0.15, 0.2) is 82.4 Å². The fourth-order valence-corrected chi connectivity index (χ4v) is 4.78. The number of rotatable bonds is 6. The number of fused-ring (bicyclic) bond motifs is 1. The molecule has 0 atom stereocenters. The zero-order chi connectivity index (χ0) is 25.2. The number of carbonyl (C=O) groups excluding carboxylic acids is 1. The molecule has 7 nitrogen and oxygen atoms in total. The molecule has 2 heterocycles. The Bertz CT molecular complexity index is 1490. The van der Waals surface area contributed by atoms with Gasteiger partial charge in [-0.15, -0.1) is 0 Å². The summed E-state index contributed by atoms with van der Waals surface area (Å²) in [5.41, 5.74) is 1.79. The maximum Gasteiger partial charge on any atom is 0.283 e. The van der Waals surface area contributed by atoms with Crippen molar-refractivity contribution in [3.05, 3.63) is 99.8 Å². The molecular weight excluding hydrogens is 503 g/mol. The molecule has 0 unspecified atom stereocenters. The van der Waals surface area contributed by atoms with Crippen molar-refractivity contribution in [3.63, 3.8) is 0 Å². The fraction of sp³-hybridized carbons (Fsp3) is 0.0769. The monoisotopic (exact) mass is 520 g/mol. The Hall–Kier alpha value is -3.95. The van der Waals surface area contributed by atoms with Gasteiger partial charge >= 0.3 is 0 Å². The molecule has 1 amide bonds. The lowest BCUT2D eigenvalue weighted by Gasteiger charge is -2.20. The topological polar surface area (TPSA) is 87.3 Å². The van der Waals surface area contributed by atoms with Gasteiger partial charge in [0.25, 0.3) is 5.91 Å². The molecule has 3 aromatic carbocycles. The molecular formula is C26H18ClFN4O3S. The van der Waals surface area contributed by atoms with Crippen LogP contribution in [0.1, 0.15) is 16.7 Å². The molecule has 0 spiro atoms. The standard InChI is InChI=1S/C26H18ClFN4O3S/c1-34-22-13-15(10-11-21(22)35-14-16-6-2-5-9-20(16)28)12-18-23(29)32-26(30-24(18)33)36-25(31-32)17-7-3-4-8-19(17)27/h2-13,29H,14H2,1H3. The summed E-state index contributed by atoms with van der Waals surface area (Å²) in [7, 11) is 1.49. The van der Waals surface area contributed by atoms with Crippen LogP contribution in [0, 0.1) is 11.2 Å². The summed E-state index contributed by atoms with van der Waals surface area (Å²) in [6.45, 7) is 0.0302. The molecule has 2 aliphatic rings. The zero-order valence-electron chi connectivity index (χ0n) is 18.9. The zero-order valence-corrected chi connectivity index (χ0v) is 20.4. The smallest absolute Gasteiger partial charge is 0.283 e. The minimum absolute atomic E-state index is 0.0302. The summed E-state index contributed by atoms with van der Waals surface area (Å²) in [5, 5.41) is 15.7. The maximum atomic E-state index is 13.9. The summed E-state index contributed by atoms with van der Waals surface area (Å²) in [6.07, 6.45) is 1.54. The Morgan fingerprint density at radius 3 is 2.67 bits per heavy atom. The van der Waals surface area contributed by atoms with E-state index in [4.69, 9.17) is 26.5 Å². The van der Waals surface area contributed by atoms with Crippen molar-refractivity contribution in [2.24, 2.45) is 10.1 Å². The van der Waals surface area contributed by atoms with Crippen LogP contribution in [0.5, 0.6) is 11.5 Å². The molecule has 2 aliphatic heterocycles. The van der Waals surface area contributed by atoms with Gasteiger partial charge in [0.1, 0.15) is 17.5 Å². The molecule has 0 bridgehead atoms. The molecule has 0 fully saturated rings. The molecule has 10 heteroatoms. The lowest BCUT2D eigenvalue weighted by Crippen LogP contribution is -2.35. The Labute approximate surface area is 215 Å². The number of thioether (sulfide) groups is 1. The van der Waals surface area contributed by atoms with Crippen LogP contribution in [0.4, 0.5) is 4.39 Å². The highest BCUT2D eigenvalue weighted by Gasteiger charge is 2.36. The first kappa shape index (κ1) is 23.8. The van der Waals surface area contributed by atoms with Crippen LogP contribution < -0.4 is 9.47 Å². The first-order chi connectivity index (χ1) is 17.4. The molecule has 0 saturated heterocycles. The number of carbonyl (C=O) groups is 1. The van der Waals surface area contributed by atoms with E-state index in [1.807, 2.05) is 18.2 Å². The van der Waals surface area contributed by atoms with Crippen molar-refractivity contribution in [2.75, 3.05) is 7.11 Å². The number of halogens is 2. The van der Waals surface area contributed by atoms with E-state index in [9.17, 15) is 9.18 Å². The van der Waals surface area contributed by atoms with Gasteiger partial charge < -0.3 is 9.47 Å². The minimum Gasteiger partial charge on any atom is -0.493 e. The van der Waals surface area contributed by atoms with E-state index < -0.39 is 5.91 Å². The Morgan fingerprint density at radius 1 is 1.11 bits per heavy atom. The highest BCUT2D eigenvalue weighted by atomic mass is 35.5. The predicted octanol–water partition coefficient (Wildman–Crippen LogP) is 5.73. The van der Waals surface area contributed by atoms with E-state index in [-0.39, 0.29) is 23.8 Å². The van der Waals surface area contributed by atoms with Gasteiger partial charge in [-0.1, -0.05) is 54.1 Å². The van der Waals surface area contributed by atoms with Gasteiger partial charge in [0, 0.05) is 11.1 Å². The highest BCUT2D eigenvalue weighted by Crippen LogP contribution is 2.34. The summed E-state index contributed by atoms with van der Waals surface area (Å²) in [4.78, 5) is 16.9. The molecule has 180 valence electrons. The number of hydrazone groups is 1. The van der Waals surface area contributed by atoms with Crippen LogP contribution in [0.2, 0.25) is 5.02 Å². The minimum atomic E-state index is -0.548. The third-order valence-electron chi connectivity index (χ3n) is 5.40. The SMILES string of the molecule is COc1cc(C=C2C(=N)N3N=C(c4ccccc4Cl)SC3=NC2=O)ccc1OCc1ccccc1F. The van der Waals surface area contributed by atoms with Crippen molar-refractivity contribution < 1.29 is 18.7 Å². The van der Waals surface area contributed by atoms with Gasteiger partial charge in [-0.3, -0.25) is 10.2 Å². The van der Waals surface area contributed by atoms with E-state index in [1.54, 1.807) is 48.5 Å². The molecule has 36 heavy (non-hydrogen) atoms. The number of methoxy groups -OCH3 is 1. The predicted molar refractivity (Wildman–Crippen MR) is 139 cm³/mol. The molecule has 0 aromatic heterocycles. The third-order valence-corrected chi connectivity index (χ3v) is 6.67. The second kappa shape index (κ2) is 9.96. The third kappa shape index (κ3) is 4.62. The lowest BCUT2D eigenvalue weighted by atomic mass is 10.1. The van der Waals surface area contributed by atoms with Gasteiger partial charge in [0.15, 0.2) is 17.3 Å². The molecule has 0 saturated carbocycles. The van der Waals surface area contributed by atoms with Crippen LogP contribution in [-0.4, -0.2) is 34.1 Å². The number of nitrogens with one attached hydrogen (secondary N) is 1. The summed E-state index contributed by atoms with van der Waals surface area (Å²) < 4.78 is 25.1. The number of amidine groups is 2. The number of ether oxygens (including phenoxy) is 2. The number of nitrogens with zero attached hydrogens (tertiary/aromatic N) is 3. The van der Waals surface area contributed by atoms with E-state index in [1.165, 1.54) is 29.9 Å². The van der Waals surface area contributed by atoms with Gasteiger partial charge in [-0.25, -0.2) is 4.39 Å².